The smallest absolute Gasteiger partial charge is 0.164 e. The molecule has 0 bridgehead atoms. The van der Waals surface area contributed by atoms with Gasteiger partial charge in [0.2, 0.25) is 0 Å². The van der Waals surface area contributed by atoms with Gasteiger partial charge in [-0.25, -0.2) is 15.0 Å². The van der Waals surface area contributed by atoms with E-state index >= 15 is 0 Å². The molecule has 2 heterocycles. The van der Waals surface area contributed by atoms with Gasteiger partial charge in [-0.05, 0) is 60.7 Å². The van der Waals surface area contributed by atoms with Gasteiger partial charge in [0.1, 0.15) is 0 Å². The highest BCUT2D eigenvalue weighted by atomic mass is 15.0. The van der Waals surface area contributed by atoms with Crippen LogP contribution in [0.25, 0.3) is 83.9 Å². The second-order valence-corrected chi connectivity index (χ2v) is 13.6. The monoisotopic (exact) mass is 751 g/mol. The minimum absolute atomic E-state index is 0.256. The first-order valence-electron chi connectivity index (χ1n) is 18.4. The largest absolute Gasteiger partial charge is 0.308 e. The standard InChI is InChI=1S/C50H25N9/c51-26-31-15-18-39(37(21-31)29-54)43-24-36(50-57-48(34-9-3-1-4-10-34)56-49(58-50)35-11-5-2-6-12-35)25-44(40-19-16-32(27-52)22-38(40)30-55)47(43)59-45-14-8-7-13-41(45)42-23-33(28-53)17-20-46(42)59/h1-25H. The average molecular weight is 752 g/mol. The third-order valence-electron chi connectivity index (χ3n) is 10.2. The molecule has 7 aromatic carbocycles. The molecule has 0 fully saturated rings. The van der Waals surface area contributed by atoms with Gasteiger partial charge in [0.25, 0.3) is 0 Å². The second-order valence-electron chi connectivity index (χ2n) is 13.6. The van der Waals surface area contributed by atoms with Crippen molar-refractivity contribution in [3.63, 3.8) is 0 Å². The molecule has 0 N–H and O–H groups in total. The van der Waals surface area contributed by atoms with Crippen molar-refractivity contribution < 1.29 is 0 Å². The Labute approximate surface area is 338 Å². The lowest BCUT2D eigenvalue weighted by Gasteiger charge is -2.22. The topological polar surface area (TPSA) is 163 Å². The molecule has 2 aromatic heterocycles. The number of hydrogen-bond acceptors (Lipinski definition) is 8. The Morgan fingerprint density at radius 1 is 0.356 bits per heavy atom. The lowest BCUT2D eigenvalue weighted by molar-refractivity contribution is 1.07. The zero-order chi connectivity index (χ0) is 40.5. The molecule has 0 saturated heterocycles. The molecule has 0 unspecified atom stereocenters. The quantitative estimate of drug-likeness (QED) is 0.162. The molecular formula is C50H25N9. The van der Waals surface area contributed by atoms with Crippen molar-refractivity contribution >= 4 is 21.8 Å². The molecule has 0 aliphatic rings. The summed E-state index contributed by atoms with van der Waals surface area (Å²) >= 11 is 0. The van der Waals surface area contributed by atoms with Crippen molar-refractivity contribution in [3.05, 3.63) is 179 Å². The van der Waals surface area contributed by atoms with Crippen molar-refractivity contribution in [1.82, 2.24) is 19.5 Å². The van der Waals surface area contributed by atoms with Crippen LogP contribution in [0, 0.1) is 56.7 Å². The van der Waals surface area contributed by atoms with Crippen LogP contribution in [0.5, 0.6) is 0 Å². The molecule has 0 amide bonds. The van der Waals surface area contributed by atoms with Gasteiger partial charge in [0, 0.05) is 49.7 Å². The summed E-state index contributed by atoms with van der Waals surface area (Å²) in [5.74, 6) is 1.24. The fourth-order valence-corrected chi connectivity index (χ4v) is 7.52. The summed E-state index contributed by atoms with van der Waals surface area (Å²) in [6, 6.07) is 57.6. The number of benzene rings is 7. The molecular weight excluding hydrogens is 727 g/mol. The fraction of sp³-hybridized carbons (Fsp3) is 0. The van der Waals surface area contributed by atoms with E-state index in [1.54, 1.807) is 42.5 Å². The normalized spacial score (nSPS) is 10.6. The van der Waals surface area contributed by atoms with Crippen molar-refractivity contribution in [2.24, 2.45) is 0 Å². The van der Waals surface area contributed by atoms with E-state index in [0.717, 1.165) is 32.9 Å². The first kappa shape index (κ1) is 35.5. The molecule has 270 valence electrons. The summed E-state index contributed by atoms with van der Waals surface area (Å²) in [5, 5.41) is 52.7. The van der Waals surface area contributed by atoms with Crippen molar-refractivity contribution in [1.29, 1.82) is 26.3 Å². The van der Waals surface area contributed by atoms with E-state index in [1.165, 1.54) is 0 Å². The Balaban J connectivity index is 1.48. The summed E-state index contributed by atoms with van der Waals surface area (Å²) in [7, 11) is 0. The summed E-state index contributed by atoms with van der Waals surface area (Å²) in [4.78, 5) is 15.0. The van der Waals surface area contributed by atoms with Gasteiger partial charge in [-0.2, -0.15) is 26.3 Å². The molecule has 9 nitrogen and oxygen atoms in total. The average Bonchev–Trinajstić information content (AvgIpc) is 3.64. The van der Waals surface area contributed by atoms with Gasteiger partial charge in [-0.3, -0.25) is 0 Å². The molecule has 0 radical (unpaired) electrons. The highest BCUT2D eigenvalue weighted by molar-refractivity contribution is 6.11. The van der Waals surface area contributed by atoms with E-state index in [4.69, 9.17) is 15.0 Å². The number of nitrogens with zero attached hydrogens (tertiary/aromatic N) is 9. The van der Waals surface area contributed by atoms with E-state index in [-0.39, 0.29) is 11.1 Å². The highest BCUT2D eigenvalue weighted by Gasteiger charge is 2.25. The minimum atomic E-state index is 0.256. The molecule has 0 atom stereocenters. The number of aromatic nitrogens is 4. The maximum absolute atomic E-state index is 10.7. The summed E-state index contributed by atoms with van der Waals surface area (Å²) in [6.07, 6.45) is 0. The van der Waals surface area contributed by atoms with Crippen LogP contribution in [-0.4, -0.2) is 19.5 Å². The zero-order valence-corrected chi connectivity index (χ0v) is 31.0. The summed E-state index contributed by atoms with van der Waals surface area (Å²) in [6.45, 7) is 0. The van der Waals surface area contributed by atoms with Crippen LogP contribution in [0.4, 0.5) is 0 Å². The second kappa shape index (κ2) is 14.8. The van der Waals surface area contributed by atoms with Gasteiger partial charge < -0.3 is 4.57 Å². The van der Waals surface area contributed by atoms with Gasteiger partial charge >= 0.3 is 0 Å². The van der Waals surface area contributed by atoms with Crippen LogP contribution < -0.4 is 0 Å². The van der Waals surface area contributed by atoms with Gasteiger partial charge in [0.15, 0.2) is 17.5 Å². The van der Waals surface area contributed by atoms with Crippen LogP contribution in [0.15, 0.2) is 152 Å². The molecule has 0 saturated carbocycles. The van der Waals surface area contributed by atoms with Crippen LogP contribution >= 0.6 is 0 Å². The van der Waals surface area contributed by atoms with Crippen molar-refractivity contribution in [2.75, 3.05) is 0 Å². The maximum Gasteiger partial charge on any atom is 0.164 e. The van der Waals surface area contributed by atoms with Crippen LogP contribution in [0.2, 0.25) is 0 Å². The van der Waals surface area contributed by atoms with Gasteiger partial charge in [-0.15, -0.1) is 0 Å². The molecule has 0 aliphatic carbocycles. The Bertz CT molecular complexity index is 3230. The van der Waals surface area contributed by atoms with Gasteiger partial charge in [-0.1, -0.05) is 91.0 Å². The number of hydrogen-bond donors (Lipinski definition) is 0. The summed E-state index contributed by atoms with van der Waals surface area (Å²) < 4.78 is 2.08. The fourth-order valence-electron chi connectivity index (χ4n) is 7.52. The van der Waals surface area contributed by atoms with E-state index in [1.807, 2.05) is 109 Å². The van der Waals surface area contributed by atoms with E-state index < -0.39 is 0 Å². The lowest BCUT2D eigenvalue weighted by atomic mass is 9.88. The third-order valence-corrected chi connectivity index (χ3v) is 10.2. The van der Waals surface area contributed by atoms with E-state index in [9.17, 15) is 26.3 Å². The zero-order valence-electron chi connectivity index (χ0n) is 31.0. The molecule has 9 rings (SSSR count). The Morgan fingerprint density at radius 2 is 0.797 bits per heavy atom. The number of para-hydroxylation sites is 1. The Kier molecular flexibility index (Phi) is 8.90. The van der Waals surface area contributed by atoms with E-state index in [0.29, 0.717) is 67.7 Å². The molecule has 0 aliphatic heterocycles. The van der Waals surface area contributed by atoms with Crippen LogP contribution in [-0.2, 0) is 0 Å². The van der Waals surface area contributed by atoms with Crippen LogP contribution in [0.1, 0.15) is 27.8 Å². The first-order chi connectivity index (χ1) is 29.0. The maximum atomic E-state index is 10.7. The molecule has 9 heteroatoms. The Hall–Kier alpha value is -9.20. The predicted octanol–water partition coefficient (Wildman–Crippen LogP) is 10.7. The number of nitriles is 5. The highest BCUT2D eigenvalue weighted by Crippen LogP contribution is 2.45. The minimum Gasteiger partial charge on any atom is -0.308 e. The molecule has 9 aromatic rings. The molecule has 0 spiro atoms. The third kappa shape index (κ3) is 6.25. The molecule has 59 heavy (non-hydrogen) atoms. The van der Waals surface area contributed by atoms with Gasteiger partial charge in [0.05, 0.1) is 74.9 Å². The number of fused-ring (bicyclic) bond motifs is 3. The van der Waals surface area contributed by atoms with Crippen LogP contribution in [0.3, 0.4) is 0 Å². The summed E-state index contributed by atoms with van der Waals surface area (Å²) in [5.41, 5.74) is 8.19. The first-order valence-corrected chi connectivity index (χ1v) is 18.4. The Morgan fingerprint density at radius 3 is 1.31 bits per heavy atom. The number of rotatable bonds is 6. The van der Waals surface area contributed by atoms with Crippen molar-refractivity contribution in [3.8, 4) is 92.5 Å². The van der Waals surface area contributed by atoms with E-state index in [2.05, 4.69) is 34.9 Å². The van der Waals surface area contributed by atoms with Crippen molar-refractivity contribution in [2.45, 2.75) is 0 Å². The lowest BCUT2D eigenvalue weighted by Crippen LogP contribution is -2.05. The SMILES string of the molecule is N#Cc1ccc(-c2cc(-c3nc(-c4ccccc4)nc(-c4ccccc4)n3)cc(-c3ccc(C#N)cc3C#N)c2-n2c3ccccc3c3cc(C#N)ccc32)c(C#N)c1. The predicted molar refractivity (Wildman–Crippen MR) is 225 cm³/mol.